The summed E-state index contributed by atoms with van der Waals surface area (Å²) in [4.78, 5) is 26.1. The topological polar surface area (TPSA) is 77.6 Å². The van der Waals surface area contributed by atoms with E-state index < -0.39 is 0 Å². The van der Waals surface area contributed by atoms with Crippen LogP contribution >= 0.6 is 0 Å². The Morgan fingerprint density at radius 1 is 1.43 bits per heavy atom. The van der Waals surface area contributed by atoms with E-state index in [2.05, 4.69) is 0 Å². The Morgan fingerprint density at radius 2 is 2.19 bits per heavy atom. The number of anilines is 1. The van der Waals surface area contributed by atoms with Gasteiger partial charge in [-0.1, -0.05) is 0 Å². The maximum Gasteiger partial charge on any atom is 0.307 e. The number of esters is 1. The Balaban J connectivity index is 2.19. The van der Waals surface area contributed by atoms with Gasteiger partial charge in [0.15, 0.2) is 0 Å². The second kappa shape index (κ2) is 6.65. The van der Waals surface area contributed by atoms with Gasteiger partial charge < -0.3 is 19.9 Å². The van der Waals surface area contributed by atoms with Crippen molar-refractivity contribution in [3.63, 3.8) is 0 Å². The van der Waals surface area contributed by atoms with Crippen LogP contribution in [-0.4, -0.2) is 41.0 Å². The van der Waals surface area contributed by atoms with Crippen LogP contribution in [0.15, 0.2) is 12.3 Å². The van der Waals surface area contributed by atoms with E-state index in [1.807, 2.05) is 11.5 Å². The fourth-order valence-corrected chi connectivity index (χ4v) is 2.88. The molecule has 2 heterocycles. The van der Waals surface area contributed by atoms with Crippen LogP contribution in [0, 0.1) is 0 Å². The molecule has 0 radical (unpaired) electrons. The number of hydrogen-bond donors (Lipinski definition) is 1. The van der Waals surface area contributed by atoms with Gasteiger partial charge in [-0.05, 0) is 32.3 Å². The largest absolute Gasteiger partial charge is 0.469 e. The minimum absolute atomic E-state index is 0.0536. The van der Waals surface area contributed by atoms with Gasteiger partial charge in [0.05, 0.1) is 19.2 Å². The van der Waals surface area contributed by atoms with Crippen LogP contribution in [0.1, 0.15) is 43.1 Å². The molecule has 1 aliphatic rings. The molecule has 116 valence electrons. The van der Waals surface area contributed by atoms with Crippen molar-refractivity contribution in [1.82, 2.24) is 9.47 Å². The van der Waals surface area contributed by atoms with Crippen molar-refractivity contribution in [2.45, 2.75) is 45.2 Å². The van der Waals surface area contributed by atoms with Crippen LogP contribution in [0.25, 0.3) is 0 Å². The number of nitrogens with two attached hydrogens (primary N) is 1. The van der Waals surface area contributed by atoms with Crippen LogP contribution in [-0.2, 0) is 16.1 Å². The van der Waals surface area contributed by atoms with Gasteiger partial charge >= 0.3 is 5.97 Å². The number of aromatic nitrogens is 1. The molecule has 1 aromatic rings. The Bertz CT molecular complexity index is 524. The van der Waals surface area contributed by atoms with Crippen LogP contribution in [0.5, 0.6) is 0 Å². The summed E-state index contributed by atoms with van der Waals surface area (Å²) in [5, 5.41) is 0. The zero-order chi connectivity index (χ0) is 15.4. The molecule has 0 aliphatic carbocycles. The predicted octanol–water partition coefficient (Wildman–Crippen LogP) is 1.65. The number of carbonyl (C=O) groups excluding carboxylic acids is 2. The summed E-state index contributed by atoms with van der Waals surface area (Å²) in [5.41, 5.74) is 6.97. The van der Waals surface area contributed by atoms with Gasteiger partial charge in [-0.3, -0.25) is 9.59 Å². The zero-order valence-corrected chi connectivity index (χ0v) is 12.7. The van der Waals surface area contributed by atoms with Crippen molar-refractivity contribution >= 4 is 17.6 Å². The summed E-state index contributed by atoms with van der Waals surface area (Å²) >= 11 is 0. The maximum atomic E-state index is 12.8. The lowest BCUT2D eigenvalue weighted by atomic mass is 9.99. The molecular weight excluding hydrogens is 270 g/mol. The van der Waals surface area contributed by atoms with Crippen LogP contribution in [0.3, 0.4) is 0 Å². The third-order valence-electron chi connectivity index (χ3n) is 4.00. The van der Waals surface area contributed by atoms with Crippen molar-refractivity contribution in [3.05, 3.63) is 18.0 Å². The predicted molar refractivity (Wildman–Crippen MR) is 79.8 cm³/mol. The molecule has 1 unspecified atom stereocenters. The van der Waals surface area contributed by atoms with Gasteiger partial charge in [0, 0.05) is 25.3 Å². The SMILES string of the molecule is CCn1cc(N)cc1C(=O)N1CCCCC1CC(=O)OC. The Hall–Kier alpha value is -1.98. The molecule has 1 fully saturated rings. The number of carbonyl (C=O) groups is 2. The molecule has 2 rings (SSSR count). The van der Waals surface area contributed by atoms with Gasteiger partial charge in [0.2, 0.25) is 0 Å². The molecule has 1 aromatic heterocycles. The maximum absolute atomic E-state index is 12.8. The van der Waals surface area contributed by atoms with Gasteiger partial charge in [0.1, 0.15) is 5.69 Å². The van der Waals surface area contributed by atoms with Gasteiger partial charge in [-0.25, -0.2) is 0 Å². The lowest BCUT2D eigenvalue weighted by Gasteiger charge is -2.35. The smallest absolute Gasteiger partial charge is 0.307 e. The molecule has 1 saturated heterocycles. The summed E-state index contributed by atoms with van der Waals surface area (Å²) in [6, 6.07) is 1.62. The number of rotatable bonds is 4. The zero-order valence-electron chi connectivity index (χ0n) is 12.7. The second-order valence-corrected chi connectivity index (χ2v) is 5.37. The monoisotopic (exact) mass is 293 g/mol. The summed E-state index contributed by atoms with van der Waals surface area (Å²) < 4.78 is 6.58. The number of likely N-dealkylation sites (tertiary alicyclic amines) is 1. The summed E-state index contributed by atoms with van der Waals surface area (Å²) in [5.74, 6) is -0.327. The highest BCUT2D eigenvalue weighted by atomic mass is 16.5. The summed E-state index contributed by atoms with van der Waals surface area (Å²) in [6.45, 7) is 3.33. The Kier molecular flexibility index (Phi) is 4.88. The molecule has 0 bridgehead atoms. The molecule has 6 heteroatoms. The fraction of sp³-hybridized carbons (Fsp3) is 0.600. The normalized spacial score (nSPS) is 18.6. The van der Waals surface area contributed by atoms with E-state index >= 15 is 0 Å². The molecule has 1 amide bonds. The van der Waals surface area contributed by atoms with Gasteiger partial charge in [-0.2, -0.15) is 0 Å². The quantitative estimate of drug-likeness (QED) is 0.856. The highest BCUT2D eigenvalue weighted by Crippen LogP contribution is 2.23. The summed E-state index contributed by atoms with van der Waals surface area (Å²) in [6.07, 6.45) is 4.86. The first-order valence-corrected chi connectivity index (χ1v) is 7.40. The molecule has 0 aromatic carbocycles. The number of amides is 1. The average Bonchev–Trinajstić information content (AvgIpc) is 2.88. The minimum Gasteiger partial charge on any atom is -0.469 e. The molecule has 2 N–H and O–H groups in total. The molecular formula is C15H23N3O3. The lowest BCUT2D eigenvalue weighted by Crippen LogP contribution is -2.45. The number of nitrogens with zero attached hydrogens (tertiary/aromatic N) is 2. The van der Waals surface area contributed by atoms with Crippen molar-refractivity contribution in [2.24, 2.45) is 0 Å². The van der Waals surface area contributed by atoms with Crippen LogP contribution in [0.2, 0.25) is 0 Å². The van der Waals surface area contributed by atoms with Crippen LogP contribution < -0.4 is 5.73 Å². The second-order valence-electron chi connectivity index (χ2n) is 5.37. The third kappa shape index (κ3) is 3.37. The number of aryl methyl sites for hydroxylation is 1. The highest BCUT2D eigenvalue weighted by Gasteiger charge is 2.30. The standard InChI is InChI=1S/C15H23N3O3/c1-3-17-10-11(16)8-13(17)15(20)18-7-5-4-6-12(18)9-14(19)21-2/h8,10,12H,3-7,9,16H2,1-2H3. The molecule has 0 spiro atoms. The van der Waals surface area contributed by atoms with Crippen molar-refractivity contribution in [1.29, 1.82) is 0 Å². The number of piperidine rings is 1. The molecule has 21 heavy (non-hydrogen) atoms. The van der Waals surface area contributed by atoms with Crippen molar-refractivity contribution in [3.8, 4) is 0 Å². The van der Waals surface area contributed by atoms with E-state index in [0.717, 1.165) is 19.3 Å². The lowest BCUT2D eigenvalue weighted by molar-refractivity contribution is -0.142. The first kappa shape index (κ1) is 15.4. The fourth-order valence-electron chi connectivity index (χ4n) is 2.88. The molecule has 6 nitrogen and oxygen atoms in total. The van der Waals surface area contributed by atoms with E-state index in [1.165, 1.54) is 7.11 Å². The van der Waals surface area contributed by atoms with E-state index in [-0.39, 0.29) is 24.3 Å². The third-order valence-corrected chi connectivity index (χ3v) is 4.00. The van der Waals surface area contributed by atoms with E-state index in [4.69, 9.17) is 10.5 Å². The molecule has 1 atom stereocenters. The number of hydrogen-bond acceptors (Lipinski definition) is 4. The van der Waals surface area contributed by atoms with E-state index in [0.29, 0.717) is 24.5 Å². The van der Waals surface area contributed by atoms with Crippen molar-refractivity contribution in [2.75, 3.05) is 19.4 Å². The van der Waals surface area contributed by atoms with Gasteiger partial charge in [-0.15, -0.1) is 0 Å². The highest BCUT2D eigenvalue weighted by molar-refractivity contribution is 5.94. The van der Waals surface area contributed by atoms with Crippen molar-refractivity contribution < 1.29 is 14.3 Å². The first-order valence-electron chi connectivity index (χ1n) is 7.40. The summed E-state index contributed by atoms with van der Waals surface area (Å²) in [7, 11) is 1.38. The van der Waals surface area contributed by atoms with Crippen LogP contribution in [0.4, 0.5) is 5.69 Å². The van der Waals surface area contributed by atoms with Gasteiger partial charge in [0.25, 0.3) is 5.91 Å². The molecule has 0 saturated carbocycles. The van der Waals surface area contributed by atoms with E-state index in [1.54, 1.807) is 17.2 Å². The molecule has 1 aliphatic heterocycles. The minimum atomic E-state index is -0.273. The number of nitrogen functional groups attached to an aromatic ring is 1. The Labute approximate surface area is 124 Å². The average molecular weight is 293 g/mol. The number of methoxy groups -OCH3 is 1. The Morgan fingerprint density at radius 3 is 2.86 bits per heavy atom. The van der Waals surface area contributed by atoms with E-state index in [9.17, 15) is 9.59 Å². The number of ether oxygens (including phenoxy) is 1. The first-order chi connectivity index (χ1) is 10.1.